The minimum absolute atomic E-state index is 0.189. The first-order valence-electron chi connectivity index (χ1n) is 3.66. The zero-order valence-electron chi connectivity index (χ0n) is 6.72. The predicted molar refractivity (Wildman–Crippen MR) is 46.7 cm³/mol. The fourth-order valence-electron chi connectivity index (χ4n) is 1.13. The van der Waals surface area contributed by atoms with Crippen LogP contribution in [0.1, 0.15) is 0 Å². The highest BCUT2D eigenvalue weighted by atomic mass is 79.9. The number of amidine groups is 1. The minimum Gasteiger partial charge on any atom is -0.258 e. The molecule has 0 aromatic rings. The predicted octanol–water partition coefficient (Wildman–Crippen LogP) is 0.256. The third-order valence-corrected chi connectivity index (χ3v) is 2.39. The Morgan fingerprint density at radius 3 is 2.86 bits per heavy atom. The molecule has 0 aromatic carbocycles. The van der Waals surface area contributed by atoms with Crippen molar-refractivity contribution in [3.63, 3.8) is 0 Å². The van der Waals surface area contributed by atoms with Gasteiger partial charge in [0.25, 0.3) is 5.84 Å². The maximum atomic E-state index is 12.2. The number of quaternary nitrogens is 1. The molecule has 1 atom stereocenters. The van der Waals surface area contributed by atoms with Crippen LogP contribution in [0, 0.1) is 0 Å². The number of rotatable bonds is 0. The second kappa shape index (κ2) is 3.06. The second-order valence-corrected chi connectivity index (χ2v) is 3.60. The third kappa shape index (κ3) is 1.55. The number of nitrogens with zero attached hydrogens (tertiary/aromatic N) is 3. The van der Waals surface area contributed by atoms with E-state index >= 15 is 0 Å². The Bertz CT molecular complexity index is 345. The molecule has 14 heavy (non-hydrogen) atoms. The van der Waals surface area contributed by atoms with Gasteiger partial charge in [0.05, 0.1) is 0 Å². The first-order valence-corrected chi connectivity index (χ1v) is 4.45. The summed E-state index contributed by atoms with van der Waals surface area (Å²) in [7, 11) is 0. The number of hydrogen-bond acceptors (Lipinski definition) is 3. The molecule has 8 heteroatoms. The summed E-state index contributed by atoms with van der Waals surface area (Å²) < 4.78 is 37.3. The SMILES string of the molecule is FC(F)(F)N1C=N[NH+]2C(Br)=CN=C2C1. The molecule has 2 aliphatic heterocycles. The summed E-state index contributed by atoms with van der Waals surface area (Å²) in [4.78, 5) is 4.01. The zero-order valence-corrected chi connectivity index (χ0v) is 8.30. The molecule has 0 radical (unpaired) electrons. The highest BCUT2D eigenvalue weighted by Gasteiger charge is 2.42. The highest BCUT2D eigenvalue weighted by molar-refractivity contribution is 9.11. The van der Waals surface area contributed by atoms with Gasteiger partial charge in [0.2, 0.25) is 4.61 Å². The van der Waals surface area contributed by atoms with Crippen molar-refractivity contribution in [1.29, 1.82) is 0 Å². The van der Waals surface area contributed by atoms with Gasteiger partial charge >= 0.3 is 6.30 Å². The summed E-state index contributed by atoms with van der Waals surface area (Å²) in [6.07, 6.45) is -2.18. The van der Waals surface area contributed by atoms with Crippen molar-refractivity contribution in [3.8, 4) is 0 Å². The molecule has 0 fully saturated rings. The van der Waals surface area contributed by atoms with Gasteiger partial charge in [0.15, 0.2) is 6.34 Å². The average Bonchev–Trinajstić information content (AvgIpc) is 2.46. The molecule has 0 amide bonds. The Kier molecular flexibility index (Phi) is 2.11. The molecule has 0 bridgehead atoms. The number of hydrogen-bond donors (Lipinski definition) is 1. The summed E-state index contributed by atoms with van der Waals surface area (Å²) in [5.74, 6) is 0.330. The van der Waals surface area contributed by atoms with Gasteiger partial charge in [-0.2, -0.15) is 18.2 Å². The molecule has 2 heterocycles. The van der Waals surface area contributed by atoms with Crippen molar-refractivity contribution in [3.05, 3.63) is 10.8 Å². The number of aliphatic imine (C=N–C) groups is 1. The second-order valence-electron chi connectivity index (χ2n) is 2.74. The van der Waals surface area contributed by atoms with Gasteiger partial charge in [-0.15, -0.1) is 5.01 Å². The molecular weight excluding hydrogens is 265 g/mol. The van der Waals surface area contributed by atoms with Crippen LogP contribution in [0.2, 0.25) is 0 Å². The Morgan fingerprint density at radius 2 is 2.21 bits per heavy atom. The molecule has 2 aliphatic rings. The van der Waals surface area contributed by atoms with Crippen LogP contribution in [0.5, 0.6) is 0 Å². The van der Waals surface area contributed by atoms with E-state index < -0.39 is 6.30 Å². The molecule has 0 saturated carbocycles. The van der Waals surface area contributed by atoms with Crippen LogP contribution < -0.4 is 5.01 Å². The van der Waals surface area contributed by atoms with Crippen LogP contribution >= 0.6 is 15.9 Å². The summed E-state index contributed by atoms with van der Waals surface area (Å²) in [5, 5.41) is 4.15. The molecule has 0 aromatic heterocycles. The lowest BCUT2D eigenvalue weighted by Gasteiger charge is -2.25. The number of fused-ring (bicyclic) bond motifs is 1. The number of halogens is 4. The van der Waals surface area contributed by atoms with Gasteiger partial charge in [0.1, 0.15) is 12.7 Å². The molecular formula is C6H5BrF3N4+. The lowest BCUT2D eigenvalue weighted by molar-refractivity contribution is -0.759. The van der Waals surface area contributed by atoms with Crippen molar-refractivity contribution in [2.75, 3.05) is 6.54 Å². The van der Waals surface area contributed by atoms with Crippen LogP contribution in [-0.4, -0.2) is 29.9 Å². The Morgan fingerprint density at radius 1 is 1.50 bits per heavy atom. The standard InChI is InChI=1S/C6H4BrF3N4/c7-4-1-11-5-2-13(6(8,9)10)3-12-14(4)5/h1,3H,2H2/p+1. The number of alkyl halides is 3. The summed E-state index contributed by atoms with van der Waals surface area (Å²) in [6, 6.07) is 0. The Hall–Kier alpha value is -0.890. The molecule has 0 spiro atoms. The van der Waals surface area contributed by atoms with Crippen LogP contribution in [0.25, 0.3) is 0 Å². The smallest absolute Gasteiger partial charge is 0.258 e. The van der Waals surface area contributed by atoms with E-state index in [-0.39, 0.29) is 11.4 Å². The van der Waals surface area contributed by atoms with Crippen LogP contribution in [0.3, 0.4) is 0 Å². The Labute approximate surface area is 85.5 Å². The van der Waals surface area contributed by atoms with Crippen molar-refractivity contribution in [1.82, 2.24) is 4.90 Å². The largest absolute Gasteiger partial charge is 0.486 e. The van der Waals surface area contributed by atoms with E-state index in [1.54, 1.807) is 0 Å². The maximum Gasteiger partial charge on any atom is 0.486 e. The van der Waals surface area contributed by atoms with Crippen LogP contribution in [0.15, 0.2) is 20.9 Å². The lowest BCUT2D eigenvalue weighted by atomic mass is 10.5. The minimum atomic E-state index is -4.40. The fraction of sp³-hybridized carbons (Fsp3) is 0.333. The zero-order chi connectivity index (χ0) is 10.3. The van der Waals surface area contributed by atoms with Crippen molar-refractivity contribution in [2.24, 2.45) is 10.1 Å². The van der Waals surface area contributed by atoms with E-state index in [0.717, 1.165) is 6.34 Å². The third-order valence-electron chi connectivity index (χ3n) is 1.81. The van der Waals surface area contributed by atoms with Gasteiger partial charge in [0, 0.05) is 15.9 Å². The Balaban J connectivity index is 2.20. The molecule has 76 valence electrons. The van der Waals surface area contributed by atoms with E-state index in [1.807, 2.05) is 0 Å². The topological polar surface area (TPSA) is 32.4 Å². The molecule has 1 unspecified atom stereocenters. The monoisotopic (exact) mass is 269 g/mol. The van der Waals surface area contributed by atoms with Gasteiger partial charge < -0.3 is 0 Å². The van der Waals surface area contributed by atoms with Gasteiger partial charge in [-0.1, -0.05) is 5.10 Å². The summed E-state index contributed by atoms with van der Waals surface area (Å²) >= 11 is 3.15. The fourth-order valence-corrected chi connectivity index (χ4v) is 1.56. The first kappa shape index (κ1) is 9.66. The average molecular weight is 270 g/mol. The van der Waals surface area contributed by atoms with Gasteiger partial charge in [-0.25, -0.2) is 0 Å². The molecule has 2 rings (SSSR count). The van der Waals surface area contributed by atoms with Crippen molar-refractivity contribution in [2.45, 2.75) is 6.30 Å². The molecule has 1 N–H and O–H groups in total. The highest BCUT2D eigenvalue weighted by Crippen LogP contribution is 2.20. The van der Waals surface area contributed by atoms with Crippen LogP contribution in [0.4, 0.5) is 13.2 Å². The molecule has 4 nitrogen and oxygen atoms in total. The van der Waals surface area contributed by atoms with E-state index in [2.05, 4.69) is 26.0 Å². The molecule has 0 aliphatic carbocycles. The van der Waals surface area contributed by atoms with E-state index in [1.165, 1.54) is 6.20 Å². The maximum absolute atomic E-state index is 12.2. The van der Waals surface area contributed by atoms with E-state index in [0.29, 0.717) is 15.5 Å². The van der Waals surface area contributed by atoms with Gasteiger partial charge in [-0.05, 0) is 0 Å². The van der Waals surface area contributed by atoms with Gasteiger partial charge in [-0.3, -0.25) is 4.90 Å². The van der Waals surface area contributed by atoms with Crippen LogP contribution in [-0.2, 0) is 0 Å². The summed E-state index contributed by atoms with van der Waals surface area (Å²) in [5.41, 5.74) is 0. The lowest BCUT2D eigenvalue weighted by Crippen LogP contribution is -3.08. The number of nitrogens with one attached hydrogen (secondary N) is 1. The van der Waals surface area contributed by atoms with Crippen molar-refractivity contribution >= 4 is 28.1 Å². The quantitative estimate of drug-likeness (QED) is 0.629. The van der Waals surface area contributed by atoms with E-state index in [9.17, 15) is 13.2 Å². The van der Waals surface area contributed by atoms with E-state index in [4.69, 9.17) is 0 Å². The van der Waals surface area contributed by atoms with Crippen molar-refractivity contribution < 1.29 is 18.2 Å². The first-order chi connectivity index (χ1) is 6.48. The summed E-state index contributed by atoms with van der Waals surface area (Å²) in [6.45, 7) is -0.284. The molecule has 0 saturated heterocycles. The normalized spacial score (nSPS) is 26.0.